The monoisotopic (exact) mass is 527 g/mol. The number of nitrogens with one attached hydrogen (secondary N) is 2. The van der Waals surface area contributed by atoms with Crippen LogP contribution in [-0.2, 0) is 16.4 Å². The highest BCUT2D eigenvalue weighted by Crippen LogP contribution is 2.20. The number of benzene rings is 2. The van der Waals surface area contributed by atoms with Crippen LogP contribution in [0.2, 0.25) is 10.0 Å². The van der Waals surface area contributed by atoms with Gasteiger partial charge in [-0.05, 0) is 29.8 Å². The van der Waals surface area contributed by atoms with Crippen molar-refractivity contribution >= 4 is 63.0 Å². The number of sulfone groups is 1. The molecule has 0 aromatic heterocycles. The second-order valence-corrected chi connectivity index (χ2v) is 8.17. The Morgan fingerprint density at radius 2 is 1.77 bits per heavy atom. The fourth-order valence-electron chi connectivity index (χ4n) is 2.11. The van der Waals surface area contributed by atoms with Gasteiger partial charge in [0.1, 0.15) is 0 Å². The van der Waals surface area contributed by atoms with Gasteiger partial charge in [-0.3, -0.25) is 4.99 Å². The molecule has 2 aromatic carbocycles. The van der Waals surface area contributed by atoms with E-state index < -0.39 is 9.84 Å². The lowest BCUT2D eigenvalue weighted by atomic mass is 10.2. The SMILES string of the molecule is CN=C(NCCS(=O)(=O)c1ccccc1)NCc1ccc(Cl)cc1Cl.I. The van der Waals surface area contributed by atoms with Crippen LogP contribution in [0.1, 0.15) is 5.56 Å². The van der Waals surface area contributed by atoms with Gasteiger partial charge < -0.3 is 10.6 Å². The van der Waals surface area contributed by atoms with E-state index in [1.165, 1.54) is 0 Å². The van der Waals surface area contributed by atoms with Crippen molar-refractivity contribution in [3.8, 4) is 0 Å². The maximum absolute atomic E-state index is 12.2. The predicted molar refractivity (Wildman–Crippen MR) is 119 cm³/mol. The summed E-state index contributed by atoms with van der Waals surface area (Å²) in [6, 6.07) is 13.6. The lowest BCUT2D eigenvalue weighted by Gasteiger charge is -2.13. The number of nitrogens with zero attached hydrogens (tertiary/aromatic N) is 1. The highest BCUT2D eigenvalue weighted by atomic mass is 127. The highest BCUT2D eigenvalue weighted by molar-refractivity contribution is 14.0. The minimum Gasteiger partial charge on any atom is -0.355 e. The number of guanidine groups is 1. The third kappa shape index (κ3) is 6.94. The number of hydrogen-bond acceptors (Lipinski definition) is 3. The van der Waals surface area contributed by atoms with Crippen molar-refractivity contribution in [2.75, 3.05) is 19.3 Å². The lowest BCUT2D eigenvalue weighted by Crippen LogP contribution is -2.39. The van der Waals surface area contributed by atoms with Crippen LogP contribution in [0.15, 0.2) is 58.4 Å². The quantitative estimate of drug-likeness (QED) is 0.341. The zero-order valence-corrected chi connectivity index (χ0v) is 18.7. The first-order chi connectivity index (χ1) is 11.9. The van der Waals surface area contributed by atoms with E-state index in [4.69, 9.17) is 23.2 Å². The van der Waals surface area contributed by atoms with E-state index in [0.29, 0.717) is 27.4 Å². The second-order valence-electron chi connectivity index (χ2n) is 5.22. The number of rotatable bonds is 6. The fraction of sp³-hybridized carbons (Fsp3) is 0.235. The molecule has 0 amide bonds. The fourth-order valence-corrected chi connectivity index (χ4v) is 3.77. The van der Waals surface area contributed by atoms with Crippen LogP contribution >= 0.6 is 47.2 Å². The molecule has 0 saturated carbocycles. The zero-order valence-electron chi connectivity index (χ0n) is 14.1. The van der Waals surface area contributed by atoms with Gasteiger partial charge in [0.15, 0.2) is 15.8 Å². The topological polar surface area (TPSA) is 70.6 Å². The van der Waals surface area contributed by atoms with Gasteiger partial charge in [-0.2, -0.15) is 0 Å². The van der Waals surface area contributed by atoms with Crippen molar-refractivity contribution in [3.05, 3.63) is 64.1 Å². The lowest BCUT2D eigenvalue weighted by molar-refractivity contribution is 0.594. The molecule has 0 spiro atoms. The summed E-state index contributed by atoms with van der Waals surface area (Å²) in [5.74, 6) is 0.466. The summed E-state index contributed by atoms with van der Waals surface area (Å²) in [6.07, 6.45) is 0. The van der Waals surface area contributed by atoms with Gasteiger partial charge in [0.2, 0.25) is 0 Å². The molecule has 0 saturated heterocycles. The summed E-state index contributed by atoms with van der Waals surface area (Å²) in [6.45, 7) is 0.687. The van der Waals surface area contributed by atoms with Crippen LogP contribution in [-0.4, -0.2) is 33.7 Å². The smallest absolute Gasteiger partial charge is 0.191 e. The Morgan fingerprint density at radius 1 is 1.08 bits per heavy atom. The maximum Gasteiger partial charge on any atom is 0.191 e. The molecule has 2 N–H and O–H groups in total. The van der Waals surface area contributed by atoms with Gasteiger partial charge in [-0.25, -0.2) is 8.42 Å². The summed E-state index contributed by atoms with van der Waals surface area (Å²) in [5.41, 5.74) is 0.867. The van der Waals surface area contributed by atoms with E-state index in [2.05, 4.69) is 15.6 Å². The van der Waals surface area contributed by atoms with E-state index in [1.54, 1.807) is 49.5 Å². The molecule has 5 nitrogen and oxygen atoms in total. The largest absolute Gasteiger partial charge is 0.355 e. The summed E-state index contributed by atoms with van der Waals surface area (Å²) >= 11 is 12.0. The molecular weight excluding hydrogens is 508 g/mol. The first-order valence-electron chi connectivity index (χ1n) is 7.58. The molecular formula is C17H20Cl2IN3O2S. The van der Waals surface area contributed by atoms with E-state index in [9.17, 15) is 8.42 Å². The summed E-state index contributed by atoms with van der Waals surface area (Å²) < 4.78 is 24.5. The average molecular weight is 528 g/mol. The minimum atomic E-state index is -3.32. The molecule has 0 aliphatic carbocycles. The second kappa shape index (κ2) is 11.0. The van der Waals surface area contributed by atoms with Gasteiger partial charge in [-0.1, -0.05) is 47.5 Å². The Morgan fingerprint density at radius 3 is 2.38 bits per heavy atom. The van der Waals surface area contributed by atoms with E-state index in [-0.39, 0.29) is 36.3 Å². The Kier molecular flexibility index (Phi) is 9.70. The van der Waals surface area contributed by atoms with E-state index in [0.717, 1.165) is 5.56 Å². The minimum absolute atomic E-state index is 0. The van der Waals surface area contributed by atoms with Crippen molar-refractivity contribution < 1.29 is 8.42 Å². The Labute approximate surface area is 181 Å². The number of halogens is 3. The standard InChI is InChI=1S/C17H19Cl2N3O2S.HI/c1-20-17(22-12-13-7-8-14(18)11-16(13)19)21-9-10-25(23,24)15-5-3-2-4-6-15;/h2-8,11H,9-10,12H2,1H3,(H2,20,21,22);1H. The normalized spacial score (nSPS) is 11.6. The van der Waals surface area contributed by atoms with Gasteiger partial charge >= 0.3 is 0 Å². The van der Waals surface area contributed by atoms with Crippen LogP contribution in [0.4, 0.5) is 0 Å². The van der Waals surface area contributed by atoms with Gasteiger partial charge in [0.25, 0.3) is 0 Å². The van der Waals surface area contributed by atoms with Crippen molar-refractivity contribution in [2.24, 2.45) is 4.99 Å². The zero-order chi connectivity index (χ0) is 18.3. The molecule has 9 heteroatoms. The van der Waals surface area contributed by atoms with Crippen molar-refractivity contribution in [1.82, 2.24) is 10.6 Å². The third-order valence-electron chi connectivity index (χ3n) is 3.45. The van der Waals surface area contributed by atoms with Crippen LogP contribution in [0.25, 0.3) is 0 Å². The molecule has 0 atom stereocenters. The molecule has 0 radical (unpaired) electrons. The molecule has 2 aromatic rings. The van der Waals surface area contributed by atoms with Crippen LogP contribution in [0.5, 0.6) is 0 Å². The van der Waals surface area contributed by atoms with Crippen LogP contribution in [0, 0.1) is 0 Å². The predicted octanol–water partition coefficient (Wildman–Crippen LogP) is 3.75. The van der Waals surface area contributed by atoms with Crippen molar-refractivity contribution in [2.45, 2.75) is 11.4 Å². The Hall–Kier alpha value is -1.03. The number of hydrogen-bond donors (Lipinski definition) is 2. The molecule has 0 unspecified atom stereocenters. The maximum atomic E-state index is 12.2. The Balaban J connectivity index is 0.00000338. The molecule has 0 aliphatic rings. The number of aliphatic imine (C=N–C) groups is 1. The van der Waals surface area contributed by atoms with E-state index >= 15 is 0 Å². The molecule has 0 aliphatic heterocycles. The summed E-state index contributed by atoms with van der Waals surface area (Å²) in [4.78, 5) is 4.39. The van der Waals surface area contributed by atoms with Gasteiger partial charge in [0, 0.05) is 30.2 Å². The van der Waals surface area contributed by atoms with Crippen LogP contribution in [0.3, 0.4) is 0 Å². The molecule has 142 valence electrons. The molecule has 26 heavy (non-hydrogen) atoms. The Bertz CT molecular complexity index is 846. The summed E-state index contributed by atoms with van der Waals surface area (Å²) in [5, 5.41) is 7.20. The molecule has 0 heterocycles. The first kappa shape index (κ1) is 23.0. The first-order valence-corrected chi connectivity index (χ1v) is 9.99. The highest BCUT2D eigenvalue weighted by Gasteiger charge is 2.13. The van der Waals surface area contributed by atoms with Gasteiger partial charge in [0.05, 0.1) is 10.6 Å². The molecule has 0 fully saturated rings. The third-order valence-corrected chi connectivity index (χ3v) is 5.77. The van der Waals surface area contributed by atoms with Crippen molar-refractivity contribution in [3.63, 3.8) is 0 Å². The van der Waals surface area contributed by atoms with Gasteiger partial charge in [-0.15, -0.1) is 24.0 Å². The van der Waals surface area contributed by atoms with Crippen LogP contribution < -0.4 is 10.6 Å². The van der Waals surface area contributed by atoms with Crippen molar-refractivity contribution in [1.29, 1.82) is 0 Å². The molecule has 0 bridgehead atoms. The average Bonchev–Trinajstić information content (AvgIpc) is 2.60. The van der Waals surface area contributed by atoms with E-state index in [1.807, 2.05) is 6.07 Å². The molecule has 2 rings (SSSR count). The summed E-state index contributed by atoms with van der Waals surface area (Å²) in [7, 11) is -1.71.